The van der Waals surface area contributed by atoms with Crippen LogP contribution in [0, 0.1) is 0 Å². The van der Waals surface area contributed by atoms with Gasteiger partial charge in [-0.1, -0.05) is 6.08 Å². The van der Waals surface area contributed by atoms with Gasteiger partial charge in [0, 0.05) is 6.08 Å². The van der Waals surface area contributed by atoms with Crippen molar-refractivity contribution in [2.24, 2.45) is 0 Å². The van der Waals surface area contributed by atoms with E-state index in [1.54, 1.807) is 33.8 Å². The van der Waals surface area contributed by atoms with Crippen LogP contribution in [0.5, 0.6) is 0 Å². The summed E-state index contributed by atoms with van der Waals surface area (Å²) in [6.45, 7) is 6.61. The van der Waals surface area contributed by atoms with Crippen molar-refractivity contribution in [2.45, 2.75) is 82.9 Å². The topological polar surface area (TPSA) is 126 Å². The molecule has 8 heteroatoms. The zero-order chi connectivity index (χ0) is 19.2. The highest BCUT2D eigenvalue weighted by Gasteiger charge is 2.44. The lowest BCUT2D eigenvalue weighted by atomic mass is 9.99. The third-order valence-corrected chi connectivity index (χ3v) is 3.62. The van der Waals surface area contributed by atoms with E-state index < -0.39 is 48.9 Å². The van der Waals surface area contributed by atoms with Crippen LogP contribution in [0.1, 0.15) is 40.5 Å². The van der Waals surface area contributed by atoms with Crippen molar-refractivity contribution in [2.75, 3.05) is 6.61 Å². The standard InChI is InChI=1S/C17H30O8/c1-10(7-5-6-8-12(19)25-17(2,3)4)23-16-15(22)14(21)13(20)11(9-18)24-16/h6,8,10-11,13-16,18,20-22H,5,7,9H2,1-4H3/b8-6+/t10?,11?,13-,14?,15?,16-/m1/s1. The minimum atomic E-state index is -1.46. The first-order chi connectivity index (χ1) is 11.5. The molecular formula is C17H30O8. The fraction of sp³-hybridized carbons (Fsp3) is 0.824. The van der Waals surface area contributed by atoms with E-state index in [0.717, 1.165) is 0 Å². The second-order valence-electron chi connectivity index (χ2n) is 7.16. The zero-order valence-corrected chi connectivity index (χ0v) is 15.2. The summed E-state index contributed by atoms with van der Waals surface area (Å²) >= 11 is 0. The van der Waals surface area contributed by atoms with Gasteiger partial charge in [0.15, 0.2) is 6.29 Å². The fourth-order valence-electron chi connectivity index (χ4n) is 2.32. The summed E-state index contributed by atoms with van der Waals surface area (Å²) < 4.78 is 16.0. The van der Waals surface area contributed by atoms with Crippen molar-refractivity contribution in [3.63, 3.8) is 0 Å². The molecule has 0 bridgehead atoms. The lowest BCUT2D eigenvalue weighted by Gasteiger charge is -2.40. The molecule has 146 valence electrons. The van der Waals surface area contributed by atoms with E-state index in [1.807, 2.05) is 0 Å². The number of allylic oxidation sites excluding steroid dienone is 1. The largest absolute Gasteiger partial charge is 0.457 e. The zero-order valence-electron chi connectivity index (χ0n) is 15.2. The van der Waals surface area contributed by atoms with Crippen molar-refractivity contribution < 1.29 is 39.4 Å². The number of aliphatic hydroxyl groups is 4. The molecule has 0 aromatic heterocycles. The molecule has 0 spiro atoms. The summed E-state index contributed by atoms with van der Waals surface area (Å²) in [5.41, 5.74) is -0.541. The predicted octanol–water partition coefficient (Wildman–Crippen LogP) is -0.131. The maximum atomic E-state index is 11.5. The molecule has 1 fully saturated rings. The summed E-state index contributed by atoms with van der Waals surface area (Å²) in [5, 5.41) is 38.5. The average molecular weight is 362 g/mol. The number of carbonyl (C=O) groups is 1. The molecule has 1 aliphatic rings. The van der Waals surface area contributed by atoms with Crippen LogP contribution in [0.2, 0.25) is 0 Å². The highest BCUT2D eigenvalue weighted by molar-refractivity contribution is 5.82. The van der Waals surface area contributed by atoms with Crippen LogP contribution in [0.15, 0.2) is 12.2 Å². The number of ether oxygens (including phenoxy) is 3. The summed E-state index contributed by atoms with van der Waals surface area (Å²) in [6.07, 6.45) is -2.69. The van der Waals surface area contributed by atoms with E-state index in [2.05, 4.69) is 0 Å². The first kappa shape index (κ1) is 22.0. The average Bonchev–Trinajstić information content (AvgIpc) is 2.50. The van der Waals surface area contributed by atoms with E-state index in [1.165, 1.54) is 6.08 Å². The summed E-state index contributed by atoms with van der Waals surface area (Å²) in [7, 11) is 0. The molecule has 25 heavy (non-hydrogen) atoms. The van der Waals surface area contributed by atoms with Crippen LogP contribution in [0.4, 0.5) is 0 Å². The molecule has 0 aliphatic carbocycles. The Hall–Kier alpha value is -1.03. The van der Waals surface area contributed by atoms with E-state index in [9.17, 15) is 20.1 Å². The fourth-order valence-corrected chi connectivity index (χ4v) is 2.32. The molecule has 0 saturated carbocycles. The summed E-state index contributed by atoms with van der Waals surface area (Å²) in [4.78, 5) is 11.5. The normalized spacial score (nSPS) is 31.9. The Labute approximate surface area is 148 Å². The molecular weight excluding hydrogens is 332 g/mol. The van der Waals surface area contributed by atoms with Crippen LogP contribution in [0.3, 0.4) is 0 Å². The number of aliphatic hydroxyl groups excluding tert-OH is 4. The number of hydrogen-bond donors (Lipinski definition) is 4. The third-order valence-electron chi connectivity index (χ3n) is 3.62. The van der Waals surface area contributed by atoms with Gasteiger partial charge in [-0.05, 0) is 40.5 Å². The number of rotatable bonds is 7. The molecule has 1 heterocycles. The number of hydrogen-bond acceptors (Lipinski definition) is 8. The Bertz CT molecular complexity index is 442. The van der Waals surface area contributed by atoms with Crippen molar-refractivity contribution in [3.05, 3.63) is 12.2 Å². The van der Waals surface area contributed by atoms with Gasteiger partial charge in [-0.2, -0.15) is 0 Å². The summed E-state index contributed by atoms with van der Waals surface area (Å²) in [5.74, 6) is -0.421. The molecule has 0 aromatic rings. The first-order valence-electron chi connectivity index (χ1n) is 8.40. The Morgan fingerprint density at radius 1 is 1.20 bits per heavy atom. The van der Waals surface area contributed by atoms with Gasteiger partial charge in [0.1, 0.15) is 30.0 Å². The molecule has 0 radical (unpaired) electrons. The lowest BCUT2D eigenvalue weighted by molar-refractivity contribution is -0.310. The van der Waals surface area contributed by atoms with E-state index in [0.29, 0.717) is 12.8 Å². The van der Waals surface area contributed by atoms with E-state index in [4.69, 9.17) is 19.3 Å². The SMILES string of the molecule is CC(CC/C=C/C(=O)OC(C)(C)C)O[C@@H]1OC(CO)[C@@H](O)C(O)C1O. The van der Waals surface area contributed by atoms with E-state index >= 15 is 0 Å². The molecule has 6 atom stereocenters. The Morgan fingerprint density at radius 3 is 2.40 bits per heavy atom. The first-order valence-corrected chi connectivity index (χ1v) is 8.40. The quantitative estimate of drug-likeness (QED) is 0.364. The monoisotopic (exact) mass is 362 g/mol. The lowest BCUT2D eigenvalue weighted by Crippen LogP contribution is -2.59. The molecule has 0 aromatic carbocycles. The molecule has 1 saturated heterocycles. The third kappa shape index (κ3) is 7.39. The Kier molecular flexibility index (Phi) is 8.46. The molecule has 0 amide bonds. The number of carbonyl (C=O) groups excluding carboxylic acids is 1. The van der Waals surface area contributed by atoms with Crippen molar-refractivity contribution in [1.82, 2.24) is 0 Å². The predicted molar refractivity (Wildman–Crippen MR) is 88.5 cm³/mol. The maximum Gasteiger partial charge on any atom is 0.330 e. The number of esters is 1. The second kappa shape index (κ2) is 9.61. The van der Waals surface area contributed by atoms with Crippen LogP contribution < -0.4 is 0 Å². The minimum absolute atomic E-state index is 0.343. The van der Waals surface area contributed by atoms with Gasteiger partial charge in [0.05, 0.1) is 12.7 Å². The van der Waals surface area contributed by atoms with Gasteiger partial charge in [0.2, 0.25) is 0 Å². The summed E-state index contributed by atoms with van der Waals surface area (Å²) in [6, 6.07) is 0. The highest BCUT2D eigenvalue weighted by Crippen LogP contribution is 2.23. The maximum absolute atomic E-state index is 11.5. The van der Waals surface area contributed by atoms with Crippen molar-refractivity contribution in [3.8, 4) is 0 Å². The van der Waals surface area contributed by atoms with Crippen LogP contribution in [0.25, 0.3) is 0 Å². The van der Waals surface area contributed by atoms with Crippen LogP contribution in [-0.2, 0) is 19.0 Å². The van der Waals surface area contributed by atoms with Gasteiger partial charge in [0.25, 0.3) is 0 Å². The van der Waals surface area contributed by atoms with Gasteiger partial charge < -0.3 is 34.6 Å². The van der Waals surface area contributed by atoms with Crippen LogP contribution >= 0.6 is 0 Å². The molecule has 4 N–H and O–H groups in total. The van der Waals surface area contributed by atoms with Crippen molar-refractivity contribution in [1.29, 1.82) is 0 Å². The molecule has 1 aliphatic heterocycles. The Balaban J connectivity index is 2.41. The minimum Gasteiger partial charge on any atom is -0.457 e. The molecule has 8 nitrogen and oxygen atoms in total. The smallest absolute Gasteiger partial charge is 0.330 e. The van der Waals surface area contributed by atoms with Crippen molar-refractivity contribution >= 4 is 5.97 Å². The molecule has 1 rings (SSSR count). The highest BCUT2D eigenvalue weighted by atomic mass is 16.7. The second-order valence-corrected chi connectivity index (χ2v) is 7.16. The van der Waals surface area contributed by atoms with Gasteiger partial charge in [-0.3, -0.25) is 0 Å². The van der Waals surface area contributed by atoms with Gasteiger partial charge in [-0.15, -0.1) is 0 Å². The van der Waals surface area contributed by atoms with Gasteiger partial charge >= 0.3 is 5.97 Å². The molecule has 4 unspecified atom stereocenters. The Morgan fingerprint density at radius 2 is 1.84 bits per heavy atom. The van der Waals surface area contributed by atoms with E-state index in [-0.39, 0.29) is 6.10 Å². The van der Waals surface area contributed by atoms with Crippen LogP contribution in [-0.4, -0.2) is 75.4 Å². The van der Waals surface area contributed by atoms with Gasteiger partial charge in [-0.25, -0.2) is 4.79 Å².